The van der Waals surface area contributed by atoms with E-state index in [4.69, 9.17) is 39.5 Å². The van der Waals surface area contributed by atoms with E-state index in [1.54, 1.807) is 19.1 Å². The van der Waals surface area contributed by atoms with E-state index in [2.05, 4.69) is 24.1 Å². The summed E-state index contributed by atoms with van der Waals surface area (Å²) in [5.41, 5.74) is 2.83. The van der Waals surface area contributed by atoms with Gasteiger partial charge in [-0.1, -0.05) is 66.1 Å². The van der Waals surface area contributed by atoms with Crippen molar-refractivity contribution in [1.82, 2.24) is 9.55 Å². The number of halogens is 3. The molecule has 176 valence electrons. The molecule has 0 spiro atoms. The highest BCUT2D eigenvalue weighted by atomic mass is 35.5. The number of hydrogen-bond acceptors (Lipinski definition) is 5. The van der Waals surface area contributed by atoms with Crippen molar-refractivity contribution in [3.8, 4) is 0 Å². The number of carbonyl (C=O) groups is 2. The predicted octanol–water partition coefficient (Wildman–Crippen LogP) is 6.51. The maximum atomic E-state index is 13.1. The van der Waals surface area contributed by atoms with Crippen molar-refractivity contribution in [2.75, 3.05) is 11.9 Å². The molecule has 0 aliphatic rings. The van der Waals surface area contributed by atoms with Crippen LogP contribution in [-0.2, 0) is 28.9 Å². The van der Waals surface area contributed by atoms with E-state index in [0.717, 1.165) is 28.9 Å². The summed E-state index contributed by atoms with van der Waals surface area (Å²) in [5, 5.41) is 4.06. The maximum absolute atomic E-state index is 13.1. The van der Waals surface area contributed by atoms with Gasteiger partial charge in [-0.15, -0.1) is 0 Å². The van der Waals surface area contributed by atoms with Crippen molar-refractivity contribution >= 4 is 63.1 Å². The van der Waals surface area contributed by atoms with Gasteiger partial charge >= 0.3 is 5.97 Å². The van der Waals surface area contributed by atoms with Gasteiger partial charge in [0.05, 0.1) is 28.8 Å². The molecule has 0 unspecified atom stereocenters. The number of thiazole rings is 1. The number of carbonyl (C=O) groups excluding carboxylic acids is 2. The first-order valence-corrected chi connectivity index (χ1v) is 12.4. The van der Waals surface area contributed by atoms with Gasteiger partial charge in [0.1, 0.15) is 10.0 Å². The molecular formula is C23H24Cl3N3O3S. The Balaban J connectivity index is 1.83. The first-order valence-electron chi connectivity index (χ1n) is 10.4. The number of benzene rings is 1. The molecule has 0 saturated heterocycles. The third-order valence-electron chi connectivity index (χ3n) is 4.65. The highest BCUT2D eigenvalue weighted by molar-refractivity contribution is 7.19. The van der Waals surface area contributed by atoms with Crippen LogP contribution in [0.4, 0.5) is 5.13 Å². The van der Waals surface area contributed by atoms with Crippen LogP contribution < -0.4 is 5.32 Å². The smallest absolute Gasteiger partial charge is 0.311 e. The summed E-state index contributed by atoms with van der Waals surface area (Å²) in [6.45, 7) is 6.70. The van der Waals surface area contributed by atoms with Crippen LogP contribution >= 0.6 is 46.1 Å². The number of nitrogens with zero attached hydrogens (tertiary/aromatic N) is 2. The molecule has 0 fully saturated rings. The first-order chi connectivity index (χ1) is 15.7. The van der Waals surface area contributed by atoms with E-state index in [0.29, 0.717) is 43.4 Å². The number of nitrogens with one attached hydrogen (secondary N) is 1. The monoisotopic (exact) mass is 527 g/mol. The lowest BCUT2D eigenvalue weighted by molar-refractivity contribution is -0.142. The maximum Gasteiger partial charge on any atom is 0.311 e. The van der Waals surface area contributed by atoms with E-state index in [1.807, 2.05) is 22.9 Å². The summed E-state index contributed by atoms with van der Waals surface area (Å²) < 4.78 is 7.16. The Bertz CT molecular complexity index is 1160. The summed E-state index contributed by atoms with van der Waals surface area (Å²) >= 11 is 19.5. The van der Waals surface area contributed by atoms with Crippen molar-refractivity contribution in [3.63, 3.8) is 0 Å². The standard InChI is InChI=1S/C23H24Cl3N3O3S/c1-4-32-20(30)10-18-21(26)33-23(27-18)28-22(31)19-9-15(7-13(2)3)12-29(19)11-14-5-6-16(24)17(25)8-14/h5-6,8-9,12-13H,4,7,10-11H2,1-3H3,(H,27,28,31). The van der Waals surface area contributed by atoms with E-state index in [9.17, 15) is 9.59 Å². The fourth-order valence-electron chi connectivity index (χ4n) is 3.32. The van der Waals surface area contributed by atoms with Gasteiger partial charge in [0, 0.05) is 12.7 Å². The minimum atomic E-state index is -0.420. The van der Waals surface area contributed by atoms with Gasteiger partial charge in [0.2, 0.25) is 0 Å². The largest absolute Gasteiger partial charge is 0.466 e. The minimum Gasteiger partial charge on any atom is -0.466 e. The lowest BCUT2D eigenvalue weighted by Crippen LogP contribution is -2.17. The molecule has 1 aromatic carbocycles. The number of hydrogen-bond donors (Lipinski definition) is 1. The molecular weight excluding hydrogens is 505 g/mol. The number of ether oxygens (including phenoxy) is 1. The van der Waals surface area contributed by atoms with Crippen molar-refractivity contribution in [1.29, 1.82) is 0 Å². The average Bonchev–Trinajstić information content (AvgIpc) is 3.27. The van der Waals surface area contributed by atoms with E-state index in [1.165, 1.54) is 0 Å². The van der Waals surface area contributed by atoms with Gasteiger partial charge in [-0.25, -0.2) is 4.98 Å². The van der Waals surface area contributed by atoms with E-state index < -0.39 is 5.97 Å². The molecule has 3 rings (SSSR count). The number of esters is 1. The van der Waals surface area contributed by atoms with Gasteiger partial charge in [0.15, 0.2) is 5.13 Å². The van der Waals surface area contributed by atoms with Gasteiger partial charge in [-0.3, -0.25) is 14.9 Å². The zero-order valence-electron chi connectivity index (χ0n) is 18.5. The summed E-state index contributed by atoms with van der Waals surface area (Å²) in [7, 11) is 0. The van der Waals surface area contributed by atoms with Crippen LogP contribution in [0.2, 0.25) is 14.4 Å². The second kappa shape index (κ2) is 11.4. The van der Waals surface area contributed by atoms with Gasteiger partial charge in [-0.2, -0.15) is 0 Å². The number of amides is 1. The third kappa shape index (κ3) is 6.96. The van der Waals surface area contributed by atoms with Crippen molar-refractivity contribution in [2.24, 2.45) is 5.92 Å². The SMILES string of the molecule is CCOC(=O)Cc1nc(NC(=O)c2cc(CC(C)C)cn2Cc2ccc(Cl)c(Cl)c2)sc1Cl. The van der Waals surface area contributed by atoms with Crippen LogP contribution in [0, 0.1) is 5.92 Å². The number of rotatable bonds is 9. The van der Waals surface area contributed by atoms with Crippen LogP contribution in [0.25, 0.3) is 0 Å². The first kappa shape index (κ1) is 25.6. The molecule has 33 heavy (non-hydrogen) atoms. The molecule has 2 heterocycles. The lowest BCUT2D eigenvalue weighted by atomic mass is 10.1. The summed E-state index contributed by atoms with van der Waals surface area (Å²) in [6, 6.07) is 7.28. The Morgan fingerprint density at radius 3 is 2.58 bits per heavy atom. The number of aromatic nitrogens is 2. The summed E-state index contributed by atoms with van der Waals surface area (Å²) in [4.78, 5) is 29.2. The number of anilines is 1. The fraction of sp³-hybridized carbons (Fsp3) is 0.348. The Hall–Kier alpha value is -2.06. The molecule has 1 amide bonds. The second-order valence-corrected chi connectivity index (χ2v) is 10.3. The van der Waals surface area contributed by atoms with Crippen LogP contribution in [0.1, 0.15) is 48.1 Å². The molecule has 3 aromatic rings. The zero-order chi connectivity index (χ0) is 24.1. The van der Waals surface area contributed by atoms with Crippen molar-refractivity contribution in [3.05, 3.63) is 67.4 Å². The molecule has 10 heteroatoms. The Labute approximate surface area is 211 Å². The molecule has 0 atom stereocenters. The lowest BCUT2D eigenvalue weighted by Gasteiger charge is -2.10. The highest BCUT2D eigenvalue weighted by Crippen LogP contribution is 2.29. The minimum absolute atomic E-state index is 0.0503. The second-order valence-electron chi connectivity index (χ2n) is 7.88. The Morgan fingerprint density at radius 2 is 1.91 bits per heavy atom. The molecule has 0 aliphatic carbocycles. The molecule has 6 nitrogen and oxygen atoms in total. The summed E-state index contributed by atoms with van der Waals surface area (Å²) in [6.07, 6.45) is 2.76. The van der Waals surface area contributed by atoms with Crippen LogP contribution in [0.5, 0.6) is 0 Å². The van der Waals surface area contributed by atoms with Gasteiger partial charge < -0.3 is 9.30 Å². The van der Waals surface area contributed by atoms with Crippen molar-refractivity contribution in [2.45, 2.75) is 40.2 Å². The van der Waals surface area contributed by atoms with E-state index in [-0.39, 0.29) is 18.9 Å². The molecule has 1 N–H and O–H groups in total. The zero-order valence-corrected chi connectivity index (χ0v) is 21.5. The summed E-state index contributed by atoms with van der Waals surface area (Å²) in [5.74, 6) is -0.306. The fourth-order valence-corrected chi connectivity index (χ4v) is 4.67. The molecule has 0 aliphatic heterocycles. The topological polar surface area (TPSA) is 73.2 Å². The Morgan fingerprint density at radius 1 is 1.15 bits per heavy atom. The van der Waals surface area contributed by atoms with Crippen LogP contribution in [0.3, 0.4) is 0 Å². The predicted molar refractivity (Wildman–Crippen MR) is 134 cm³/mol. The quantitative estimate of drug-likeness (QED) is 0.321. The van der Waals surface area contributed by atoms with Crippen LogP contribution in [0.15, 0.2) is 30.5 Å². The normalized spacial score (nSPS) is 11.1. The van der Waals surface area contributed by atoms with Crippen LogP contribution in [-0.4, -0.2) is 28.0 Å². The Kier molecular flexibility index (Phi) is 8.82. The highest BCUT2D eigenvalue weighted by Gasteiger charge is 2.19. The third-order valence-corrected chi connectivity index (χ3v) is 6.64. The van der Waals surface area contributed by atoms with E-state index >= 15 is 0 Å². The molecule has 0 bridgehead atoms. The molecule has 0 radical (unpaired) electrons. The van der Waals surface area contributed by atoms with Gasteiger partial charge in [-0.05, 0) is 48.6 Å². The molecule has 2 aromatic heterocycles. The molecule has 0 saturated carbocycles. The van der Waals surface area contributed by atoms with Crippen molar-refractivity contribution < 1.29 is 14.3 Å². The van der Waals surface area contributed by atoms with Gasteiger partial charge in [0.25, 0.3) is 5.91 Å². The average molecular weight is 529 g/mol.